The second-order valence-corrected chi connectivity index (χ2v) is 4.80. The van der Waals surface area contributed by atoms with Crippen LogP contribution in [0.15, 0.2) is 42.7 Å². The molecule has 0 aliphatic rings. The molecule has 2 aromatic heterocycles. The van der Waals surface area contributed by atoms with Crippen LogP contribution >= 0.6 is 11.6 Å². The Morgan fingerprint density at radius 1 is 1.32 bits per heavy atom. The van der Waals surface area contributed by atoms with Gasteiger partial charge in [0.15, 0.2) is 5.69 Å². The number of halogens is 1. The molecule has 2 heterocycles. The Morgan fingerprint density at radius 3 is 2.86 bits per heavy atom. The molecule has 6 nitrogen and oxygen atoms in total. The molecule has 1 aromatic carbocycles. The van der Waals surface area contributed by atoms with Gasteiger partial charge < -0.3 is 4.74 Å². The highest BCUT2D eigenvalue weighted by atomic mass is 35.5. The third-order valence-electron chi connectivity index (χ3n) is 3.08. The first-order chi connectivity index (χ1) is 10.7. The van der Waals surface area contributed by atoms with Crippen LogP contribution in [0.1, 0.15) is 5.69 Å². The van der Waals surface area contributed by atoms with E-state index < -0.39 is 0 Å². The van der Waals surface area contributed by atoms with Gasteiger partial charge in [-0.1, -0.05) is 16.8 Å². The first kappa shape index (κ1) is 14.0. The van der Waals surface area contributed by atoms with E-state index in [1.54, 1.807) is 43.8 Å². The zero-order chi connectivity index (χ0) is 15.5. The molecule has 0 saturated heterocycles. The summed E-state index contributed by atoms with van der Waals surface area (Å²) in [6.07, 6.45) is 3.30. The summed E-state index contributed by atoms with van der Waals surface area (Å²) in [4.78, 5) is 4.08. The van der Waals surface area contributed by atoms with E-state index in [1.807, 2.05) is 12.1 Å². The van der Waals surface area contributed by atoms with Crippen molar-refractivity contribution in [1.29, 1.82) is 5.26 Å². The van der Waals surface area contributed by atoms with Crippen LogP contribution in [0.4, 0.5) is 0 Å². The van der Waals surface area contributed by atoms with E-state index in [0.29, 0.717) is 22.2 Å². The molecule has 3 rings (SSSR count). The van der Waals surface area contributed by atoms with Crippen molar-refractivity contribution in [3.8, 4) is 28.8 Å². The molecule has 0 fully saturated rings. The van der Waals surface area contributed by atoms with Crippen molar-refractivity contribution in [2.45, 2.75) is 0 Å². The van der Waals surface area contributed by atoms with Crippen molar-refractivity contribution in [2.24, 2.45) is 0 Å². The molecular weight excluding hydrogens is 302 g/mol. The van der Waals surface area contributed by atoms with Crippen molar-refractivity contribution in [1.82, 2.24) is 20.0 Å². The monoisotopic (exact) mass is 311 g/mol. The maximum Gasteiger partial charge on any atom is 0.191 e. The number of ether oxygens (including phenoxy) is 1. The molecule has 0 aliphatic heterocycles. The highest BCUT2D eigenvalue weighted by molar-refractivity contribution is 6.30. The number of nitrogens with zero attached hydrogens (tertiary/aromatic N) is 5. The number of hydrogen-bond acceptors (Lipinski definition) is 5. The van der Waals surface area contributed by atoms with Crippen LogP contribution < -0.4 is 4.74 Å². The van der Waals surface area contributed by atoms with Gasteiger partial charge in [0.25, 0.3) is 0 Å². The van der Waals surface area contributed by atoms with Gasteiger partial charge in [-0.25, -0.2) is 4.68 Å². The molecule has 0 radical (unpaired) electrons. The molecular formula is C15H10ClN5O. The van der Waals surface area contributed by atoms with Crippen LogP contribution in [0.3, 0.4) is 0 Å². The van der Waals surface area contributed by atoms with Crippen molar-refractivity contribution in [3.05, 3.63) is 53.4 Å². The quantitative estimate of drug-likeness (QED) is 0.743. The van der Waals surface area contributed by atoms with E-state index in [-0.39, 0.29) is 5.69 Å². The van der Waals surface area contributed by atoms with Crippen molar-refractivity contribution in [2.75, 3.05) is 7.11 Å². The van der Waals surface area contributed by atoms with Crippen LogP contribution in [0.25, 0.3) is 16.9 Å². The summed E-state index contributed by atoms with van der Waals surface area (Å²) >= 11 is 6.07. The van der Waals surface area contributed by atoms with E-state index in [4.69, 9.17) is 16.3 Å². The smallest absolute Gasteiger partial charge is 0.191 e. The van der Waals surface area contributed by atoms with Crippen molar-refractivity contribution in [3.63, 3.8) is 0 Å². The molecule has 0 spiro atoms. The Labute approximate surface area is 131 Å². The molecule has 0 N–H and O–H groups in total. The standard InChI is InChI=1S/C15H10ClN5O/c1-22-14-5-4-11(16)7-13(14)21-15(12(8-17)19-20-21)10-3-2-6-18-9-10/h2-7,9H,1H3. The molecule has 0 aliphatic carbocycles. The summed E-state index contributed by atoms with van der Waals surface area (Å²) in [6.45, 7) is 0. The fourth-order valence-corrected chi connectivity index (χ4v) is 2.28. The third-order valence-corrected chi connectivity index (χ3v) is 3.32. The minimum Gasteiger partial charge on any atom is -0.494 e. The van der Waals surface area contributed by atoms with Gasteiger partial charge in [-0.2, -0.15) is 5.26 Å². The van der Waals surface area contributed by atoms with Crippen LogP contribution in [-0.2, 0) is 0 Å². The summed E-state index contributed by atoms with van der Waals surface area (Å²) in [7, 11) is 1.55. The number of benzene rings is 1. The number of pyridine rings is 1. The van der Waals surface area contributed by atoms with E-state index in [9.17, 15) is 5.26 Å². The van der Waals surface area contributed by atoms with Gasteiger partial charge in [-0.3, -0.25) is 4.98 Å². The Balaban J connectivity index is 2.28. The number of nitriles is 1. The molecule has 22 heavy (non-hydrogen) atoms. The summed E-state index contributed by atoms with van der Waals surface area (Å²) in [5.41, 5.74) is 2.07. The Bertz CT molecular complexity index is 854. The average Bonchev–Trinajstić information content (AvgIpc) is 2.99. The van der Waals surface area contributed by atoms with Gasteiger partial charge in [0.2, 0.25) is 0 Å². The third kappa shape index (κ3) is 2.38. The molecule has 3 aromatic rings. The van der Waals surface area contributed by atoms with Crippen LogP contribution in [0.5, 0.6) is 5.75 Å². The predicted octanol–water partition coefficient (Wildman–Crippen LogP) is 2.86. The summed E-state index contributed by atoms with van der Waals surface area (Å²) in [5, 5.41) is 17.8. The minimum absolute atomic E-state index is 0.204. The predicted molar refractivity (Wildman–Crippen MR) is 80.9 cm³/mol. The SMILES string of the molecule is COc1ccc(Cl)cc1-n1nnc(C#N)c1-c1cccnc1. The number of methoxy groups -OCH3 is 1. The molecule has 0 atom stereocenters. The summed E-state index contributed by atoms with van der Waals surface area (Å²) in [6, 6.07) is 10.8. The lowest BCUT2D eigenvalue weighted by atomic mass is 10.1. The van der Waals surface area contributed by atoms with Crippen LogP contribution in [-0.4, -0.2) is 27.1 Å². The Morgan fingerprint density at radius 2 is 2.18 bits per heavy atom. The Kier molecular flexibility index (Phi) is 3.73. The maximum atomic E-state index is 9.28. The largest absolute Gasteiger partial charge is 0.494 e. The lowest BCUT2D eigenvalue weighted by molar-refractivity contribution is 0.411. The zero-order valence-electron chi connectivity index (χ0n) is 11.6. The summed E-state index contributed by atoms with van der Waals surface area (Å²) < 4.78 is 6.87. The van der Waals surface area contributed by atoms with Crippen molar-refractivity contribution < 1.29 is 4.74 Å². The summed E-state index contributed by atoms with van der Waals surface area (Å²) in [5.74, 6) is 0.573. The minimum atomic E-state index is 0.204. The van der Waals surface area contributed by atoms with E-state index in [2.05, 4.69) is 15.3 Å². The van der Waals surface area contributed by atoms with Crippen molar-refractivity contribution >= 4 is 11.6 Å². The Hall–Kier alpha value is -2.91. The number of hydrogen-bond donors (Lipinski definition) is 0. The first-order valence-corrected chi connectivity index (χ1v) is 6.72. The molecule has 0 saturated carbocycles. The molecule has 0 amide bonds. The van der Waals surface area contributed by atoms with Crippen LogP contribution in [0.2, 0.25) is 5.02 Å². The highest BCUT2D eigenvalue weighted by Crippen LogP contribution is 2.31. The lowest BCUT2D eigenvalue weighted by Gasteiger charge is -2.11. The average molecular weight is 312 g/mol. The van der Waals surface area contributed by atoms with E-state index in [0.717, 1.165) is 5.56 Å². The number of aromatic nitrogens is 4. The van der Waals surface area contributed by atoms with Gasteiger partial charge >= 0.3 is 0 Å². The molecule has 0 bridgehead atoms. The van der Waals surface area contributed by atoms with Gasteiger partial charge in [-0.05, 0) is 30.3 Å². The fraction of sp³-hybridized carbons (Fsp3) is 0.0667. The van der Waals surface area contributed by atoms with Gasteiger partial charge in [-0.15, -0.1) is 5.10 Å². The first-order valence-electron chi connectivity index (χ1n) is 6.34. The second kappa shape index (κ2) is 5.84. The lowest BCUT2D eigenvalue weighted by Crippen LogP contribution is -2.02. The molecule has 108 valence electrons. The van der Waals surface area contributed by atoms with E-state index in [1.165, 1.54) is 4.68 Å². The van der Waals surface area contributed by atoms with Gasteiger partial charge in [0, 0.05) is 23.0 Å². The molecule has 0 unspecified atom stereocenters. The number of rotatable bonds is 3. The zero-order valence-corrected chi connectivity index (χ0v) is 12.3. The normalized spacial score (nSPS) is 10.2. The van der Waals surface area contributed by atoms with Crippen LogP contribution in [0, 0.1) is 11.3 Å². The van der Waals surface area contributed by atoms with E-state index >= 15 is 0 Å². The fourth-order valence-electron chi connectivity index (χ4n) is 2.12. The van der Waals surface area contributed by atoms with Gasteiger partial charge in [0.05, 0.1) is 7.11 Å². The second-order valence-electron chi connectivity index (χ2n) is 4.37. The topological polar surface area (TPSA) is 76.6 Å². The highest BCUT2D eigenvalue weighted by Gasteiger charge is 2.19. The van der Waals surface area contributed by atoms with Gasteiger partial charge in [0.1, 0.15) is 23.2 Å². The maximum absolute atomic E-state index is 9.28. The molecule has 7 heteroatoms.